The van der Waals surface area contributed by atoms with Gasteiger partial charge in [-0.2, -0.15) is 0 Å². The Morgan fingerprint density at radius 1 is 1.19 bits per heavy atom. The van der Waals surface area contributed by atoms with Crippen LogP contribution in [0, 0.1) is 17.3 Å². The van der Waals surface area contributed by atoms with E-state index < -0.39 is 5.41 Å². The number of aromatic amines is 1. The minimum absolute atomic E-state index is 0.0225. The molecule has 1 aromatic heterocycles. The third kappa shape index (κ3) is 3.88. The predicted octanol–water partition coefficient (Wildman–Crippen LogP) is 3.55. The molecule has 2 fully saturated rings. The molecule has 2 aliphatic heterocycles. The molecule has 190 valence electrons. The monoisotopic (exact) mass is 496 g/mol. The van der Waals surface area contributed by atoms with Gasteiger partial charge in [-0.3, -0.25) is 9.69 Å². The molecule has 0 radical (unpaired) electrons. The highest BCUT2D eigenvalue weighted by Gasteiger charge is 2.41. The van der Waals surface area contributed by atoms with Gasteiger partial charge in [0, 0.05) is 72.6 Å². The van der Waals surface area contributed by atoms with Gasteiger partial charge >= 0.3 is 0 Å². The number of nitrogens with one attached hydrogen (secondary N) is 2. The number of hydrogen-bond donors (Lipinski definition) is 2. The van der Waals surface area contributed by atoms with Gasteiger partial charge in [-0.1, -0.05) is 37.8 Å². The number of fused-ring (bicyclic) bond motifs is 4. The van der Waals surface area contributed by atoms with E-state index in [0.717, 1.165) is 83.9 Å². The van der Waals surface area contributed by atoms with Crippen molar-refractivity contribution >= 4 is 28.6 Å². The summed E-state index contributed by atoms with van der Waals surface area (Å²) < 4.78 is 10.6. The van der Waals surface area contributed by atoms with Gasteiger partial charge in [0.2, 0.25) is 0 Å². The number of aromatic nitrogens is 1. The van der Waals surface area contributed by atoms with Crippen LogP contribution in [0.5, 0.6) is 0 Å². The highest BCUT2D eigenvalue weighted by Crippen LogP contribution is 2.45. The number of carbonyl (C=O) groups excluding carboxylic acids is 1. The van der Waals surface area contributed by atoms with E-state index in [4.69, 9.17) is 14.9 Å². The molecule has 3 heterocycles. The van der Waals surface area contributed by atoms with E-state index in [0.29, 0.717) is 18.2 Å². The van der Waals surface area contributed by atoms with Gasteiger partial charge in [0.15, 0.2) is 5.78 Å². The van der Waals surface area contributed by atoms with Crippen LogP contribution in [-0.4, -0.2) is 81.0 Å². The lowest BCUT2D eigenvalue weighted by atomic mass is 9.70. The topological polar surface area (TPSA) is 81.7 Å². The van der Waals surface area contributed by atoms with Gasteiger partial charge in [-0.25, -0.2) is 0 Å². The van der Waals surface area contributed by atoms with Crippen molar-refractivity contribution in [3.8, 4) is 11.8 Å². The third-order valence-electron chi connectivity index (χ3n) is 8.13. The van der Waals surface area contributed by atoms with Crippen LogP contribution in [0.4, 0.5) is 5.69 Å². The Kier molecular flexibility index (Phi) is 5.91. The summed E-state index contributed by atoms with van der Waals surface area (Å²) in [7, 11) is 1.64. The van der Waals surface area contributed by atoms with Crippen molar-refractivity contribution in [2.24, 2.45) is 0 Å². The van der Waals surface area contributed by atoms with Crippen molar-refractivity contribution in [3.63, 3.8) is 0 Å². The average molecular weight is 497 g/mol. The third-order valence-corrected chi connectivity index (χ3v) is 8.13. The second kappa shape index (κ2) is 9.14. The average Bonchev–Trinajstić information content (AvgIpc) is 3.27. The summed E-state index contributed by atoms with van der Waals surface area (Å²) in [4.78, 5) is 22.4. The minimum Gasteiger partial charge on any atom is -0.378 e. The van der Waals surface area contributed by atoms with Crippen LogP contribution in [0.3, 0.4) is 0 Å². The van der Waals surface area contributed by atoms with Gasteiger partial charge < -0.3 is 24.8 Å². The molecule has 3 aliphatic rings. The Labute approximate surface area is 217 Å². The fourth-order valence-corrected chi connectivity index (χ4v) is 5.90. The molecule has 6 rings (SSSR count). The van der Waals surface area contributed by atoms with E-state index in [2.05, 4.69) is 46.5 Å². The van der Waals surface area contributed by atoms with Crippen LogP contribution in [-0.2, 0) is 14.9 Å². The largest absolute Gasteiger partial charge is 0.378 e. The van der Waals surface area contributed by atoms with E-state index >= 15 is 0 Å². The normalized spacial score (nSPS) is 19.1. The first kappa shape index (κ1) is 23.9. The predicted molar refractivity (Wildman–Crippen MR) is 145 cm³/mol. The quantitative estimate of drug-likeness (QED) is 0.427. The van der Waals surface area contributed by atoms with Crippen LogP contribution in [0.2, 0.25) is 0 Å². The Morgan fingerprint density at radius 3 is 2.65 bits per heavy atom. The fourth-order valence-electron chi connectivity index (χ4n) is 5.90. The molecule has 2 saturated heterocycles. The summed E-state index contributed by atoms with van der Waals surface area (Å²) in [5, 5.41) is 8.53. The van der Waals surface area contributed by atoms with Gasteiger partial charge in [-0.15, -0.1) is 0 Å². The second-order valence-electron chi connectivity index (χ2n) is 10.6. The van der Waals surface area contributed by atoms with Crippen molar-refractivity contribution in [2.75, 3.05) is 58.0 Å². The van der Waals surface area contributed by atoms with Crippen LogP contribution in [0.15, 0.2) is 30.3 Å². The lowest BCUT2D eigenvalue weighted by Gasteiger charge is -2.43. The number of methoxy groups -OCH3 is 1. The molecular weight excluding hydrogens is 464 g/mol. The second-order valence-corrected chi connectivity index (χ2v) is 10.6. The Morgan fingerprint density at radius 2 is 1.97 bits per heavy atom. The SMILES string of the molecule is COCC#Cc1cc2c(cc1N1CCN(C3COC3)CC1)C(C)(C)c1[nH]c3cc(C=N)ccc3c1C2=O. The minimum atomic E-state index is -0.402. The first-order valence-electron chi connectivity index (χ1n) is 12.9. The Hall–Kier alpha value is -3.44. The zero-order valence-electron chi connectivity index (χ0n) is 21.6. The molecule has 3 aromatic rings. The molecule has 7 heteroatoms. The number of piperazine rings is 1. The zero-order chi connectivity index (χ0) is 25.7. The van der Waals surface area contributed by atoms with Gasteiger partial charge in [0.25, 0.3) is 0 Å². The first-order chi connectivity index (χ1) is 17.9. The van der Waals surface area contributed by atoms with E-state index in [1.807, 2.05) is 24.3 Å². The number of ether oxygens (including phenoxy) is 2. The maximum Gasteiger partial charge on any atom is 0.195 e. The molecule has 37 heavy (non-hydrogen) atoms. The smallest absolute Gasteiger partial charge is 0.195 e. The van der Waals surface area contributed by atoms with Crippen molar-refractivity contribution in [1.29, 1.82) is 5.41 Å². The van der Waals surface area contributed by atoms with Crippen molar-refractivity contribution in [2.45, 2.75) is 25.3 Å². The fraction of sp³-hybridized carbons (Fsp3) is 0.400. The maximum atomic E-state index is 14.0. The molecule has 0 amide bonds. The zero-order valence-corrected chi connectivity index (χ0v) is 21.6. The molecule has 0 unspecified atom stereocenters. The molecule has 1 aliphatic carbocycles. The number of carbonyl (C=O) groups is 1. The van der Waals surface area contributed by atoms with Crippen LogP contribution < -0.4 is 4.90 Å². The Bertz CT molecular complexity index is 1460. The van der Waals surface area contributed by atoms with Crippen LogP contribution >= 0.6 is 0 Å². The summed E-state index contributed by atoms with van der Waals surface area (Å²) in [6.07, 6.45) is 1.33. The van der Waals surface area contributed by atoms with Crippen molar-refractivity contribution < 1.29 is 14.3 Å². The number of anilines is 1. The Balaban J connectivity index is 1.45. The maximum absolute atomic E-state index is 14.0. The molecular formula is C30H32N4O3. The molecule has 7 nitrogen and oxygen atoms in total. The number of H-pyrrole nitrogens is 1. The summed E-state index contributed by atoms with van der Waals surface area (Å²) >= 11 is 0. The number of ketones is 1. The van der Waals surface area contributed by atoms with Crippen molar-refractivity contribution in [3.05, 3.63) is 63.8 Å². The molecule has 0 saturated carbocycles. The lowest BCUT2D eigenvalue weighted by molar-refractivity contribution is -0.0660. The van der Waals surface area contributed by atoms with Crippen LogP contribution in [0.25, 0.3) is 10.9 Å². The van der Waals surface area contributed by atoms with Gasteiger partial charge in [0.1, 0.15) is 6.61 Å². The van der Waals surface area contributed by atoms with Gasteiger partial charge in [0.05, 0.1) is 30.5 Å². The first-order valence-corrected chi connectivity index (χ1v) is 12.9. The summed E-state index contributed by atoms with van der Waals surface area (Å²) in [6.45, 7) is 10.2. The molecule has 2 N–H and O–H groups in total. The number of rotatable bonds is 4. The molecule has 0 spiro atoms. The number of hydrogen-bond acceptors (Lipinski definition) is 6. The van der Waals surface area contributed by atoms with Crippen LogP contribution in [0.1, 0.15) is 52.2 Å². The van der Waals surface area contributed by atoms with E-state index in [9.17, 15) is 4.79 Å². The molecule has 2 aromatic carbocycles. The van der Waals surface area contributed by atoms with Gasteiger partial charge in [-0.05, 0) is 29.3 Å². The summed E-state index contributed by atoms with van der Waals surface area (Å²) in [5.41, 5.74) is 6.63. The highest BCUT2D eigenvalue weighted by atomic mass is 16.5. The van der Waals surface area contributed by atoms with E-state index in [-0.39, 0.29) is 5.78 Å². The standard InChI is InChI=1S/C30H32N4O3/c1-30(2)24-15-26(34-10-8-33(9-11-34)21-17-37-18-21)20(5-4-12-36-3)14-23(24)28(35)27-22-7-6-19(16-31)13-25(22)32-29(27)30/h6-7,13-16,21,31-32H,8-12,17-18H2,1-3H3. The highest BCUT2D eigenvalue weighted by molar-refractivity contribution is 6.20. The van der Waals surface area contributed by atoms with E-state index in [1.54, 1.807) is 7.11 Å². The molecule has 0 atom stereocenters. The lowest BCUT2D eigenvalue weighted by Crippen LogP contribution is -2.56. The van der Waals surface area contributed by atoms with Crippen molar-refractivity contribution in [1.82, 2.24) is 9.88 Å². The number of nitrogens with zero attached hydrogens (tertiary/aromatic N) is 2. The summed E-state index contributed by atoms with van der Waals surface area (Å²) in [5.74, 6) is 6.43. The number of benzene rings is 2. The summed E-state index contributed by atoms with van der Waals surface area (Å²) in [6, 6.07) is 10.5. The molecule has 0 bridgehead atoms. The van der Waals surface area contributed by atoms with E-state index in [1.165, 1.54) is 6.21 Å².